The third-order valence-corrected chi connectivity index (χ3v) is 13.5. The second-order valence-electron chi connectivity index (χ2n) is 16.7. The molecule has 0 radical (unpaired) electrons. The molecule has 294 valence electrons. The molecule has 11 aromatic rings. The molecule has 1 spiro atoms. The number of furan rings is 1. The van der Waals surface area contributed by atoms with Crippen LogP contribution in [0.3, 0.4) is 0 Å². The maximum absolute atomic E-state index is 6.49. The third-order valence-electron chi connectivity index (χ3n) is 13.5. The number of anilines is 3. The van der Waals surface area contributed by atoms with Crippen LogP contribution in [0.5, 0.6) is 0 Å². The molecule has 1 heterocycles. The van der Waals surface area contributed by atoms with Crippen LogP contribution < -0.4 is 4.90 Å². The van der Waals surface area contributed by atoms with Gasteiger partial charge in [-0.25, -0.2) is 0 Å². The van der Waals surface area contributed by atoms with Gasteiger partial charge in [0.1, 0.15) is 11.2 Å². The summed E-state index contributed by atoms with van der Waals surface area (Å²) < 4.78 is 6.49. The van der Waals surface area contributed by atoms with Crippen LogP contribution in [-0.2, 0) is 5.41 Å². The molecule has 0 aliphatic heterocycles. The van der Waals surface area contributed by atoms with Crippen molar-refractivity contribution in [3.05, 3.63) is 259 Å². The highest BCUT2D eigenvalue weighted by Crippen LogP contribution is 2.62. The monoisotopic (exact) mass is 801 g/mol. The first-order chi connectivity index (χ1) is 31.3. The predicted octanol–water partition coefficient (Wildman–Crippen LogP) is 16.4. The van der Waals surface area contributed by atoms with Crippen LogP contribution in [0.25, 0.3) is 77.6 Å². The zero-order valence-electron chi connectivity index (χ0n) is 34.4. The topological polar surface area (TPSA) is 16.4 Å². The summed E-state index contributed by atoms with van der Waals surface area (Å²) in [5.41, 5.74) is 21.9. The number of hydrogen-bond donors (Lipinski definition) is 0. The van der Waals surface area contributed by atoms with E-state index in [0.717, 1.165) is 50.1 Å². The Kier molecular flexibility index (Phi) is 7.85. The van der Waals surface area contributed by atoms with Crippen molar-refractivity contribution in [1.29, 1.82) is 0 Å². The Balaban J connectivity index is 1.03. The third kappa shape index (κ3) is 5.25. The highest BCUT2D eigenvalue weighted by molar-refractivity contribution is 6.09. The largest absolute Gasteiger partial charge is 0.455 e. The van der Waals surface area contributed by atoms with Gasteiger partial charge in [-0.05, 0) is 115 Å². The lowest BCUT2D eigenvalue weighted by molar-refractivity contribution is 0.670. The van der Waals surface area contributed by atoms with Crippen molar-refractivity contribution in [2.24, 2.45) is 0 Å². The van der Waals surface area contributed by atoms with Crippen LogP contribution in [0.2, 0.25) is 0 Å². The first-order valence-electron chi connectivity index (χ1n) is 21.8. The molecule has 1 aromatic heterocycles. The predicted molar refractivity (Wildman–Crippen MR) is 261 cm³/mol. The first-order valence-corrected chi connectivity index (χ1v) is 21.8. The molecule has 2 aliphatic carbocycles. The fourth-order valence-electron chi connectivity index (χ4n) is 10.8. The molecular weight excluding hydrogens is 763 g/mol. The average Bonchev–Trinajstić information content (AvgIpc) is 3.86. The normalized spacial score (nSPS) is 12.9. The van der Waals surface area contributed by atoms with Crippen molar-refractivity contribution in [2.45, 2.75) is 5.41 Å². The van der Waals surface area contributed by atoms with Gasteiger partial charge >= 0.3 is 0 Å². The molecule has 0 unspecified atom stereocenters. The number of benzene rings is 10. The molecule has 10 aromatic carbocycles. The molecular formula is C61H39NO. The lowest BCUT2D eigenvalue weighted by Gasteiger charge is -2.36. The zero-order valence-corrected chi connectivity index (χ0v) is 34.4. The SMILES string of the molecule is c1ccc(-c2ccc(N(c3ccc(-c4cccc5c4oc4ccccc45)cc3)c3ccc4c(c3)-c3ccccc3-c3ccccc3C43c4ccccc4-c4ccccc43)cc2)cc1. The van der Waals surface area contributed by atoms with E-state index in [1.807, 2.05) is 12.1 Å². The van der Waals surface area contributed by atoms with E-state index in [-0.39, 0.29) is 0 Å². The van der Waals surface area contributed by atoms with E-state index in [2.05, 4.69) is 229 Å². The Morgan fingerprint density at radius 2 is 0.730 bits per heavy atom. The molecule has 2 heteroatoms. The Bertz CT molecular complexity index is 3510. The Labute approximate surface area is 366 Å². The second kappa shape index (κ2) is 13.9. The number of hydrogen-bond acceptors (Lipinski definition) is 2. The minimum absolute atomic E-state index is 0.530. The summed E-state index contributed by atoms with van der Waals surface area (Å²) in [6, 6.07) is 86.7. The van der Waals surface area contributed by atoms with Gasteiger partial charge in [0.15, 0.2) is 0 Å². The van der Waals surface area contributed by atoms with Gasteiger partial charge in [-0.3, -0.25) is 0 Å². The fourth-order valence-corrected chi connectivity index (χ4v) is 10.8. The van der Waals surface area contributed by atoms with Crippen LogP contribution in [-0.4, -0.2) is 0 Å². The molecule has 0 atom stereocenters. The van der Waals surface area contributed by atoms with Crippen molar-refractivity contribution in [2.75, 3.05) is 4.90 Å². The number of fused-ring (bicyclic) bond motifs is 15. The Morgan fingerprint density at radius 3 is 1.38 bits per heavy atom. The van der Waals surface area contributed by atoms with E-state index in [1.54, 1.807) is 0 Å². The lowest BCUT2D eigenvalue weighted by atomic mass is 9.66. The van der Waals surface area contributed by atoms with Gasteiger partial charge < -0.3 is 9.32 Å². The summed E-state index contributed by atoms with van der Waals surface area (Å²) in [6.45, 7) is 0. The average molecular weight is 802 g/mol. The van der Waals surface area contributed by atoms with E-state index < -0.39 is 5.41 Å². The van der Waals surface area contributed by atoms with E-state index in [9.17, 15) is 0 Å². The number of para-hydroxylation sites is 2. The van der Waals surface area contributed by atoms with E-state index in [0.29, 0.717) is 0 Å². The van der Waals surface area contributed by atoms with Crippen molar-refractivity contribution < 1.29 is 4.42 Å². The first kappa shape index (κ1) is 35.5. The van der Waals surface area contributed by atoms with Crippen molar-refractivity contribution in [3.63, 3.8) is 0 Å². The van der Waals surface area contributed by atoms with Crippen LogP contribution in [0.15, 0.2) is 241 Å². The van der Waals surface area contributed by atoms with Crippen molar-refractivity contribution in [1.82, 2.24) is 0 Å². The zero-order chi connectivity index (χ0) is 41.5. The minimum atomic E-state index is -0.530. The maximum Gasteiger partial charge on any atom is 0.143 e. The lowest BCUT2D eigenvalue weighted by Crippen LogP contribution is -2.29. The molecule has 0 amide bonds. The van der Waals surface area contributed by atoms with Crippen LogP contribution in [0.4, 0.5) is 17.1 Å². The Hall–Kier alpha value is -8.20. The highest BCUT2D eigenvalue weighted by Gasteiger charge is 2.49. The van der Waals surface area contributed by atoms with Crippen molar-refractivity contribution in [3.8, 4) is 55.6 Å². The van der Waals surface area contributed by atoms with Gasteiger partial charge in [0.05, 0.1) is 5.41 Å². The summed E-state index contributed by atoms with van der Waals surface area (Å²) in [5.74, 6) is 0. The van der Waals surface area contributed by atoms with Crippen LogP contribution in [0.1, 0.15) is 22.3 Å². The van der Waals surface area contributed by atoms with Gasteiger partial charge in [-0.2, -0.15) is 0 Å². The molecule has 2 nitrogen and oxygen atoms in total. The molecule has 0 saturated carbocycles. The molecule has 63 heavy (non-hydrogen) atoms. The van der Waals surface area contributed by atoms with Gasteiger partial charge in [0.25, 0.3) is 0 Å². The maximum atomic E-state index is 6.49. The van der Waals surface area contributed by atoms with Gasteiger partial charge in [-0.1, -0.05) is 194 Å². The summed E-state index contributed by atoms with van der Waals surface area (Å²) in [7, 11) is 0. The molecule has 2 aliphatic rings. The highest BCUT2D eigenvalue weighted by atomic mass is 16.3. The smallest absolute Gasteiger partial charge is 0.143 e. The summed E-state index contributed by atoms with van der Waals surface area (Å²) in [4.78, 5) is 2.41. The molecule has 13 rings (SSSR count). The molecule has 0 N–H and O–H groups in total. The van der Waals surface area contributed by atoms with Crippen LogP contribution >= 0.6 is 0 Å². The minimum Gasteiger partial charge on any atom is -0.455 e. The van der Waals surface area contributed by atoms with Crippen molar-refractivity contribution >= 4 is 39.0 Å². The van der Waals surface area contributed by atoms with E-state index in [1.165, 1.54) is 66.8 Å². The summed E-state index contributed by atoms with van der Waals surface area (Å²) in [5, 5.41) is 2.26. The Morgan fingerprint density at radius 1 is 0.286 bits per heavy atom. The molecule has 0 saturated heterocycles. The molecule has 0 bridgehead atoms. The fraction of sp³-hybridized carbons (Fsp3) is 0.0164. The summed E-state index contributed by atoms with van der Waals surface area (Å²) in [6.07, 6.45) is 0. The second-order valence-corrected chi connectivity index (χ2v) is 16.7. The quantitative estimate of drug-likeness (QED) is 0.172. The standard InChI is InChI=1S/C61H39NO/c1-2-15-40(16-3-1)41-29-33-43(34-30-41)62(44-35-31-42(32-36-44)46-23-14-24-53-52-22-9-13-28-59(52)63-60(46)53)45-37-38-58-54(39-45)48-18-5-4-17-47(48)49-19-6-10-25-55(49)61(58)56-26-11-7-20-50(56)51-21-8-12-27-57(51)61/h1-39H. The van der Waals surface area contributed by atoms with E-state index >= 15 is 0 Å². The van der Waals surface area contributed by atoms with Gasteiger partial charge in [0.2, 0.25) is 0 Å². The summed E-state index contributed by atoms with van der Waals surface area (Å²) >= 11 is 0. The van der Waals surface area contributed by atoms with Gasteiger partial charge in [0, 0.05) is 33.4 Å². The number of nitrogens with zero attached hydrogens (tertiary/aromatic N) is 1. The van der Waals surface area contributed by atoms with Crippen LogP contribution in [0, 0.1) is 0 Å². The van der Waals surface area contributed by atoms with Gasteiger partial charge in [-0.15, -0.1) is 0 Å². The number of rotatable bonds is 5. The molecule has 0 fully saturated rings. The van der Waals surface area contributed by atoms with E-state index in [4.69, 9.17) is 4.42 Å².